The molecule has 0 amide bonds. The molecule has 0 aromatic heterocycles. The van der Waals surface area contributed by atoms with Crippen molar-refractivity contribution in [2.45, 2.75) is 25.0 Å². The molecule has 2 N–H and O–H groups in total. The largest absolute Gasteiger partial charge is 0.330 e. The molecule has 1 aromatic rings. The Morgan fingerprint density at radius 1 is 1.00 bits per heavy atom. The van der Waals surface area contributed by atoms with E-state index in [2.05, 4.69) is 30.3 Å². The summed E-state index contributed by atoms with van der Waals surface area (Å²) in [5.74, 6) is 2.40. The Morgan fingerprint density at radius 3 is 2.50 bits per heavy atom. The fourth-order valence-corrected chi connectivity index (χ4v) is 2.27. The summed E-state index contributed by atoms with van der Waals surface area (Å²) in [6.45, 7) is 0.837. The van der Waals surface area contributed by atoms with Gasteiger partial charge in [-0.05, 0) is 30.7 Å². The van der Waals surface area contributed by atoms with Crippen molar-refractivity contribution in [3.63, 3.8) is 0 Å². The molecule has 78 valence electrons. The van der Waals surface area contributed by atoms with Gasteiger partial charge in [0.25, 0.3) is 0 Å². The monoisotopic (exact) mass is 209 g/mol. The van der Waals surface area contributed by atoms with Gasteiger partial charge in [0.2, 0.25) is 0 Å². The zero-order valence-electron chi connectivity index (χ0n) is 8.61. The lowest BCUT2D eigenvalue weighted by Crippen LogP contribution is -1.97. The number of unbranched alkanes of at least 4 members (excludes halogenated alkanes) is 2. The highest BCUT2D eigenvalue weighted by molar-refractivity contribution is 7.98. The Kier molecular flexibility index (Phi) is 6.54. The molecular formula is C12H19NS. The van der Waals surface area contributed by atoms with Crippen LogP contribution in [0.1, 0.15) is 24.8 Å². The predicted molar refractivity (Wildman–Crippen MR) is 65.5 cm³/mol. The van der Waals surface area contributed by atoms with E-state index in [0.717, 1.165) is 12.3 Å². The highest BCUT2D eigenvalue weighted by Gasteiger charge is 1.92. The van der Waals surface area contributed by atoms with Gasteiger partial charge in [0.05, 0.1) is 0 Å². The van der Waals surface area contributed by atoms with E-state index in [9.17, 15) is 0 Å². The molecule has 0 aliphatic carbocycles. The van der Waals surface area contributed by atoms with Crippen LogP contribution in [0.2, 0.25) is 0 Å². The molecule has 0 radical (unpaired) electrons. The Hall–Kier alpha value is -0.470. The smallest absolute Gasteiger partial charge is 0.0184 e. The molecule has 0 saturated carbocycles. The van der Waals surface area contributed by atoms with Crippen LogP contribution in [0.15, 0.2) is 30.3 Å². The molecule has 2 heteroatoms. The SMILES string of the molecule is NCCCCCSCc1ccccc1. The summed E-state index contributed by atoms with van der Waals surface area (Å²) < 4.78 is 0. The summed E-state index contributed by atoms with van der Waals surface area (Å²) in [6, 6.07) is 10.6. The van der Waals surface area contributed by atoms with Crippen LogP contribution < -0.4 is 5.73 Å². The number of rotatable bonds is 7. The lowest BCUT2D eigenvalue weighted by molar-refractivity contribution is 0.732. The minimum atomic E-state index is 0.837. The first-order valence-corrected chi connectivity index (χ1v) is 6.40. The van der Waals surface area contributed by atoms with Gasteiger partial charge in [0.15, 0.2) is 0 Å². The van der Waals surface area contributed by atoms with Crippen LogP contribution in [0.5, 0.6) is 0 Å². The van der Waals surface area contributed by atoms with Gasteiger partial charge < -0.3 is 5.73 Å². The molecule has 0 aliphatic heterocycles. The summed E-state index contributed by atoms with van der Waals surface area (Å²) in [6.07, 6.45) is 3.75. The van der Waals surface area contributed by atoms with Crippen LogP contribution in [0.3, 0.4) is 0 Å². The quantitative estimate of drug-likeness (QED) is 0.698. The Morgan fingerprint density at radius 2 is 1.79 bits per heavy atom. The lowest BCUT2D eigenvalue weighted by Gasteiger charge is -2.01. The van der Waals surface area contributed by atoms with Crippen molar-refractivity contribution in [2.75, 3.05) is 12.3 Å². The second-order valence-electron chi connectivity index (χ2n) is 3.39. The van der Waals surface area contributed by atoms with Crippen LogP contribution in [-0.2, 0) is 5.75 Å². The molecule has 0 aliphatic rings. The van der Waals surface area contributed by atoms with Crippen molar-refractivity contribution < 1.29 is 0 Å². The summed E-state index contributed by atoms with van der Waals surface area (Å²) in [7, 11) is 0. The highest BCUT2D eigenvalue weighted by Crippen LogP contribution is 2.13. The first kappa shape index (κ1) is 11.6. The molecule has 0 fully saturated rings. The third kappa shape index (κ3) is 5.30. The molecule has 14 heavy (non-hydrogen) atoms. The normalized spacial score (nSPS) is 10.4. The number of hydrogen-bond acceptors (Lipinski definition) is 2. The van der Waals surface area contributed by atoms with Crippen molar-refractivity contribution in [3.8, 4) is 0 Å². The Labute approximate surface area is 91.1 Å². The second-order valence-corrected chi connectivity index (χ2v) is 4.49. The molecule has 0 saturated heterocycles. The van der Waals surface area contributed by atoms with Crippen molar-refractivity contribution in [3.05, 3.63) is 35.9 Å². The number of hydrogen-bond donors (Lipinski definition) is 1. The van der Waals surface area contributed by atoms with Crippen molar-refractivity contribution in [1.29, 1.82) is 0 Å². The Bertz CT molecular complexity index is 223. The first-order chi connectivity index (χ1) is 6.93. The summed E-state index contributed by atoms with van der Waals surface area (Å²) >= 11 is 2.02. The fraction of sp³-hybridized carbons (Fsp3) is 0.500. The maximum atomic E-state index is 5.43. The topological polar surface area (TPSA) is 26.0 Å². The van der Waals surface area contributed by atoms with Crippen LogP contribution >= 0.6 is 11.8 Å². The van der Waals surface area contributed by atoms with E-state index in [1.807, 2.05) is 11.8 Å². The van der Waals surface area contributed by atoms with E-state index >= 15 is 0 Å². The van der Waals surface area contributed by atoms with E-state index in [4.69, 9.17) is 5.73 Å². The van der Waals surface area contributed by atoms with E-state index in [1.54, 1.807) is 0 Å². The second kappa shape index (κ2) is 7.89. The standard InChI is InChI=1S/C12H19NS/c13-9-5-2-6-10-14-11-12-7-3-1-4-8-12/h1,3-4,7-8H,2,5-6,9-11,13H2. The maximum Gasteiger partial charge on any atom is 0.0184 e. The molecule has 0 spiro atoms. The number of thioether (sulfide) groups is 1. The zero-order valence-corrected chi connectivity index (χ0v) is 9.43. The number of nitrogens with two attached hydrogens (primary N) is 1. The van der Waals surface area contributed by atoms with Crippen molar-refractivity contribution >= 4 is 11.8 Å². The Balaban J connectivity index is 1.99. The zero-order chi connectivity index (χ0) is 10.1. The van der Waals surface area contributed by atoms with Gasteiger partial charge in [-0.1, -0.05) is 36.8 Å². The van der Waals surface area contributed by atoms with Gasteiger partial charge in [-0.15, -0.1) is 0 Å². The number of benzene rings is 1. The molecule has 1 nitrogen and oxygen atoms in total. The van der Waals surface area contributed by atoms with E-state index in [1.165, 1.54) is 30.6 Å². The third-order valence-electron chi connectivity index (χ3n) is 2.10. The molecule has 0 atom stereocenters. The predicted octanol–water partition coefficient (Wildman–Crippen LogP) is 3.05. The van der Waals surface area contributed by atoms with Gasteiger partial charge in [-0.3, -0.25) is 0 Å². The van der Waals surface area contributed by atoms with E-state index < -0.39 is 0 Å². The summed E-state index contributed by atoms with van der Waals surface area (Å²) in [5.41, 5.74) is 6.85. The average Bonchev–Trinajstić information content (AvgIpc) is 2.25. The molecule has 0 bridgehead atoms. The van der Waals surface area contributed by atoms with Gasteiger partial charge in [0, 0.05) is 5.75 Å². The molecule has 0 unspecified atom stereocenters. The first-order valence-electron chi connectivity index (χ1n) is 5.25. The van der Waals surface area contributed by atoms with Crippen molar-refractivity contribution in [1.82, 2.24) is 0 Å². The summed E-state index contributed by atoms with van der Waals surface area (Å²) in [5, 5.41) is 0. The molecule has 0 heterocycles. The molecule has 1 rings (SSSR count). The van der Waals surface area contributed by atoms with Gasteiger partial charge >= 0.3 is 0 Å². The maximum absolute atomic E-state index is 5.43. The van der Waals surface area contributed by atoms with Gasteiger partial charge in [-0.25, -0.2) is 0 Å². The lowest BCUT2D eigenvalue weighted by atomic mass is 10.2. The average molecular weight is 209 g/mol. The third-order valence-corrected chi connectivity index (χ3v) is 3.22. The summed E-state index contributed by atoms with van der Waals surface area (Å²) in [4.78, 5) is 0. The fourth-order valence-electron chi connectivity index (χ4n) is 1.29. The minimum Gasteiger partial charge on any atom is -0.330 e. The van der Waals surface area contributed by atoms with Crippen LogP contribution in [0.25, 0.3) is 0 Å². The van der Waals surface area contributed by atoms with Crippen LogP contribution in [-0.4, -0.2) is 12.3 Å². The van der Waals surface area contributed by atoms with Crippen LogP contribution in [0, 0.1) is 0 Å². The highest BCUT2D eigenvalue weighted by atomic mass is 32.2. The minimum absolute atomic E-state index is 0.837. The molecule has 1 aromatic carbocycles. The van der Waals surface area contributed by atoms with E-state index in [-0.39, 0.29) is 0 Å². The van der Waals surface area contributed by atoms with Crippen molar-refractivity contribution in [2.24, 2.45) is 5.73 Å². The van der Waals surface area contributed by atoms with E-state index in [0.29, 0.717) is 0 Å². The van der Waals surface area contributed by atoms with Gasteiger partial charge in [0.1, 0.15) is 0 Å². The van der Waals surface area contributed by atoms with Crippen LogP contribution in [0.4, 0.5) is 0 Å². The molecular weight excluding hydrogens is 190 g/mol. The van der Waals surface area contributed by atoms with Gasteiger partial charge in [-0.2, -0.15) is 11.8 Å².